The first-order valence-corrected chi connectivity index (χ1v) is 8.34. The summed E-state index contributed by atoms with van der Waals surface area (Å²) in [7, 11) is 1.66. The predicted molar refractivity (Wildman–Crippen MR) is 92.1 cm³/mol. The Hall–Kier alpha value is -2.01. The minimum absolute atomic E-state index is 0.00840. The zero-order valence-corrected chi connectivity index (χ0v) is 14.5. The molecule has 0 radical (unpaired) electrons. The number of nitrogens with zero attached hydrogens (tertiary/aromatic N) is 1. The molecule has 0 aliphatic carbocycles. The number of rotatable bonds is 4. The molecule has 1 aliphatic rings. The van der Waals surface area contributed by atoms with Crippen LogP contribution in [0.5, 0.6) is 5.75 Å². The number of likely N-dealkylation sites (tertiary alicyclic amines) is 1. The van der Waals surface area contributed by atoms with E-state index in [1.165, 1.54) is 0 Å². The van der Waals surface area contributed by atoms with Crippen LogP contribution in [0.4, 0.5) is 0 Å². The lowest BCUT2D eigenvalue weighted by Gasteiger charge is -2.25. The third-order valence-corrected chi connectivity index (χ3v) is 4.51. The standard InChI is InChI=1S/C18H18BrNO3/c1-22-17-8-6-13(19)12-15(17)16-5-2-10-20(16)18(21)9-7-14-4-3-11-23-14/h3-4,6-9,11-12,16H,2,5,10H2,1H3. The number of methoxy groups -OCH3 is 1. The molecule has 1 atom stereocenters. The van der Waals surface area contributed by atoms with Gasteiger partial charge < -0.3 is 14.1 Å². The van der Waals surface area contributed by atoms with Crippen LogP contribution in [-0.4, -0.2) is 24.5 Å². The molecule has 5 heteroatoms. The molecule has 0 N–H and O–H groups in total. The molecule has 23 heavy (non-hydrogen) atoms. The second-order valence-corrected chi connectivity index (χ2v) is 6.34. The molecule has 4 nitrogen and oxygen atoms in total. The van der Waals surface area contributed by atoms with Crippen molar-refractivity contribution in [3.8, 4) is 5.75 Å². The van der Waals surface area contributed by atoms with E-state index in [9.17, 15) is 4.79 Å². The summed E-state index contributed by atoms with van der Waals surface area (Å²) in [6, 6.07) is 9.57. The van der Waals surface area contributed by atoms with Crippen molar-refractivity contribution in [2.75, 3.05) is 13.7 Å². The maximum absolute atomic E-state index is 12.6. The molecule has 0 saturated carbocycles. The highest BCUT2D eigenvalue weighted by Crippen LogP contribution is 2.38. The van der Waals surface area contributed by atoms with Gasteiger partial charge in [-0.1, -0.05) is 15.9 Å². The Morgan fingerprint density at radius 2 is 2.30 bits per heavy atom. The zero-order valence-electron chi connectivity index (χ0n) is 12.9. The van der Waals surface area contributed by atoms with Gasteiger partial charge in [0.1, 0.15) is 11.5 Å². The van der Waals surface area contributed by atoms with Gasteiger partial charge in [0.05, 0.1) is 19.4 Å². The lowest BCUT2D eigenvalue weighted by atomic mass is 10.0. The van der Waals surface area contributed by atoms with E-state index in [0.29, 0.717) is 5.76 Å². The predicted octanol–water partition coefficient (Wildman–Crippen LogP) is 4.43. The summed E-state index contributed by atoms with van der Waals surface area (Å²) in [6.45, 7) is 0.752. The van der Waals surface area contributed by atoms with Crippen molar-refractivity contribution in [1.82, 2.24) is 4.90 Å². The lowest BCUT2D eigenvalue weighted by molar-refractivity contribution is -0.126. The molecule has 0 spiro atoms. The van der Waals surface area contributed by atoms with E-state index in [0.717, 1.165) is 35.2 Å². The summed E-state index contributed by atoms with van der Waals surface area (Å²) in [6.07, 6.45) is 6.79. The van der Waals surface area contributed by atoms with Gasteiger partial charge in [-0.15, -0.1) is 0 Å². The third kappa shape index (κ3) is 3.50. The van der Waals surface area contributed by atoms with Gasteiger partial charge in [-0.05, 0) is 49.2 Å². The molecule has 2 heterocycles. The van der Waals surface area contributed by atoms with Crippen LogP contribution in [0.15, 0.2) is 51.6 Å². The van der Waals surface area contributed by atoms with Crippen LogP contribution < -0.4 is 4.74 Å². The number of halogens is 1. The summed E-state index contributed by atoms with van der Waals surface area (Å²) in [5.74, 6) is 1.48. The Morgan fingerprint density at radius 1 is 1.43 bits per heavy atom. The average Bonchev–Trinajstić information content (AvgIpc) is 3.24. The van der Waals surface area contributed by atoms with Crippen LogP contribution in [0.1, 0.15) is 30.2 Å². The van der Waals surface area contributed by atoms with E-state index >= 15 is 0 Å². The van der Waals surface area contributed by atoms with Crippen molar-refractivity contribution in [3.05, 3.63) is 58.5 Å². The topological polar surface area (TPSA) is 42.7 Å². The van der Waals surface area contributed by atoms with E-state index in [1.807, 2.05) is 29.2 Å². The summed E-state index contributed by atoms with van der Waals surface area (Å²) < 4.78 is 11.7. The highest BCUT2D eigenvalue weighted by molar-refractivity contribution is 9.10. The molecular formula is C18H18BrNO3. The fourth-order valence-corrected chi connectivity index (χ4v) is 3.33. The van der Waals surface area contributed by atoms with Gasteiger partial charge in [-0.25, -0.2) is 0 Å². The zero-order chi connectivity index (χ0) is 16.2. The van der Waals surface area contributed by atoms with Gasteiger partial charge in [0.15, 0.2) is 0 Å². The Morgan fingerprint density at radius 3 is 3.04 bits per heavy atom. The first-order chi connectivity index (χ1) is 11.2. The molecule has 1 aliphatic heterocycles. The lowest BCUT2D eigenvalue weighted by Crippen LogP contribution is -2.29. The van der Waals surface area contributed by atoms with E-state index < -0.39 is 0 Å². The molecule has 1 amide bonds. The number of ether oxygens (including phenoxy) is 1. The molecule has 1 aromatic heterocycles. The second-order valence-electron chi connectivity index (χ2n) is 5.42. The van der Waals surface area contributed by atoms with Gasteiger partial charge >= 0.3 is 0 Å². The fraction of sp³-hybridized carbons (Fsp3) is 0.278. The number of hydrogen-bond acceptors (Lipinski definition) is 3. The largest absolute Gasteiger partial charge is 0.496 e. The van der Waals surface area contributed by atoms with Crippen LogP contribution in [0, 0.1) is 0 Å². The number of benzene rings is 1. The molecule has 1 saturated heterocycles. The van der Waals surface area contributed by atoms with Crippen molar-refractivity contribution in [1.29, 1.82) is 0 Å². The van der Waals surface area contributed by atoms with E-state index in [-0.39, 0.29) is 11.9 Å². The SMILES string of the molecule is COc1ccc(Br)cc1C1CCCN1C(=O)C=Cc1ccco1. The highest BCUT2D eigenvalue weighted by atomic mass is 79.9. The molecule has 2 aromatic rings. The van der Waals surface area contributed by atoms with Crippen LogP contribution >= 0.6 is 15.9 Å². The van der Waals surface area contributed by atoms with Gasteiger partial charge in [-0.2, -0.15) is 0 Å². The monoisotopic (exact) mass is 375 g/mol. The second kappa shape index (κ2) is 7.04. The number of carbonyl (C=O) groups excluding carboxylic acids is 1. The molecule has 3 rings (SSSR count). The Labute approximate surface area is 143 Å². The highest BCUT2D eigenvalue weighted by Gasteiger charge is 2.30. The van der Waals surface area contributed by atoms with Crippen LogP contribution in [0.25, 0.3) is 6.08 Å². The number of furan rings is 1. The molecule has 1 aromatic carbocycles. The quantitative estimate of drug-likeness (QED) is 0.742. The van der Waals surface area contributed by atoms with Gasteiger partial charge in [0.25, 0.3) is 0 Å². The van der Waals surface area contributed by atoms with E-state index in [4.69, 9.17) is 9.15 Å². The van der Waals surface area contributed by atoms with Crippen molar-refractivity contribution in [2.45, 2.75) is 18.9 Å². The first kappa shape index (κ1) is 15.9. The summed E-state index contributed by atoms with van der Waals surface area (Å²) >= 11 is 3.50. The number of hydrogen-bond donors (Lipinski definition) is 0. The van der Waals surface area contributed by atoms with E-state index in [2.05, 4.69) is 15.9 Å². The van der Waals surface area contributed by atoms with E-state index in [1.54, 1.807) is 31.6 Å². The third-order valence-electron chi connectivity index (χ3n) is 4.02. The molecule has 1 fully saturated rings. The molecule has 120 valence electrons. The first-order valence-electron chi connectivity index (χ1n) is 7.54. The Kier molecular flexibility index (Phi) is 4.86. The minimum Gasteiger partial charge on any atom is -0.496 e. The van der Waals surface area contributed by atoms with Crippen molar-refractivity contribution < 1.29 is 13.9 Å². The minimum atomic E-state index is -0.00840. The Balaban J connectivity index is 1.83. The molecular weight excluding hydrogens is 358 g/mol. The Bertz CT molecular complexity index is 709. The van der Waals surface area contributed by atoms with Crippen molar-refractivity contribution >= 4 is 27.9 Å². The normalized spacial score (nSPS) is 17.8. The van der Waals surface area contributed by atoms with Crippen molar-refractivity contribution in [3.63, 3.8) is 0 Å². The number of amides is 1. The van der Waals surface area contributed by atoms with Gasteiger partial charge in [0.2, 0.25) is 5.91 Å². The average molecular weight is 376 g/mol. The molecule has 1 unspecified atom stereocenters. The fourth-order valence-electron chi connectivity index (χ4n) is 2.95. The van der Waals surface area contributed by atoms with Crippen LogP contribution in [0.2, 0.25) is 0 Å². The number of carbonyl (C=O) groups is 1. The maximum Gasteiger partial charge on any atom is 0.247 e. The van der Waals surface area contributed by atoms with Crippen LogP contribution in [0.3, 0.4) is 0 Å². The summed E-state index contributed by atoms with van der Waals surface area (Å²) in [4.78, 5) is 14.4. The summed E-state index contributed by atoms with van der Waals surface area (Å²) in [5.41, 5.74) is 1.04. The smallest absolute Gasteiger partial charge is 0.247 e. The maximum atomic E-state index is 12.6. The van der Waals surface area contributed by atoms with Gasteiger partial charge in [-0.3, -0.25) is 4.79 Å². The van der Waals surface area contributed by atoms with Gasteiger partial charge in [0, 0.05) is 22.7 Å². The molecule has 0 bridgehead atoms. The summed E-state index contributed by atoms with van der Waals surface area (Å²) in [5, 5.41) is 0. The van der Waals surface area contributed by atoms with Crippen molar-refractivity contribution in [2.24, 2.45) is 0 Å². The van der Waals surface area contributed by atoms with Crippen LogP contribution in [-0.2, 0) is 4.79 Å².